The summed E-state index contributed by atoms with van der Waals surface area (Å²) in [5.41, 5.74) is 16.7. The quantitative estimate of drug-likeness (QED) is 0.0873. The van der Waals surface area contributed by atoms with Crippen molar-refractivity contribution < 1.29 is 5.11 Å². The lowest BCUT2D eigenvalue weighted by Crippen LogP contribution is -2.11. The minimum absolute atomic E-state index is 0.00880. The highest BCUT2D eigenvalue weighted by Crippen LogP contribution is 2.07. The fourth-order valence-electron chi connectivity index (χ4n) is 2.43. The van der Waals surface area contributed by atoms with E-state index in [0.29, 0.717) is 17.0 Å². The van der Waals surface area contributed by atoms with Gasteiger partial charge in [0.05, 0.1) is 11.4 Å². The molecular weight excluding hydrogens is 490 g/mol. The van der Waals surface area contributed by atoms with Crippen molar-refractivity contribution in [3.8, 4) is 0 Å². The maximum Gasteiger partial charge on any atom is 0.113 e. The van der Waals surface area contributed by atoms with E-state index in [-0.39, 0.29) is 5.76 Å². The van der Waals surface area contributed by atoms with Crippen LogP contribution in [0.1, 0.15) is 133 Å². The van der Waals surface area contributed by atoms with Crippen LogP contribution in [0.3, 0.4) is 0 Å². The molecule has 0 aliphatic rings. The van der Waals surface area contributed by atoms with Gasteiger partial charge in [-0.15, -0.1) is 6.58 Å². The van der Waals surface area contributed by atoms with Crippen LogP contribution in [0.15, 0.2) is 65.0 Å². The number of nitrogens with two attached hydrogens (primary N) is 2. The number of unbranched alkanes of at least 4 members (excludes halogenated alkanes) is 3. The topological polar surface area (TPSA) is 84.6 Å². The first-order chi connectivity index (χ1) is 18.8. The van der Waals surface area contributed by atoms with Gasteiger partial charge in [-0.25, -0.2) is 0 Å². The summed E-state index contributed by atoms with van der Waals surface area (Å²) in [5, 5.41) is 8.95. The van der Waals surface area contributed by atoms with Gasteiger partial charge in [0.1, 0.15) is 5.76 Å². The molecule has 0 aliphatic heterocycles. The highest BCUT2D eigenvalue weighted by Gasteiger charge is 2.02. The monoisotopic (exact) mass is 562 g/mol. The first-order valence-corrected chi connectivity index (χ1v) is 15.5. The zero-order valence-corrected chi connectivity index (χ0v) is 29.2. The third kappa shape index (κ3) is 40.2. The molecule has 0 radical (unpaired) electrons. The molecule has 5 N–H and O–H groups in total. The van der Waals surface area contributed by atoms with Crippen LogP contribution in [0.4, 0.5) is 0 Å². The van der Waals surface area contributed by atoms with E-state index >= 15 is 0 Å². The van der Waals surface area contributed by atoms with E-state index in [4.69, 9.17) is 16.6 Å². The van der Waals surface area contributed by atoms with Crippen LogP contribution in [0.2, 0.25) is 0 Å². The van der Waals surface area contributed by atoms with Gasteiger partial charge in [0.25, 0.3) is 0 Å². The largest absolute Gasteiger partial charge is 0.508 e. The van der Waals surface area contributed by atoms with Gasteiger partial charge in [0.2, 0.25) is 0 Å². The molecule has 1 aromatic rings. The molecule has 0 fully saturated rings. The zero-order chi connectivity index (χ0) is 32.5. The summed E-state index contributed by atoms with van der Waals surface area (Å²) in [5.74, 6) is 0.825. The van der Waals surface area contributed by atoms with Gasteiger partial charge in [-0.1, -0.05) is 118 Å². The van der Waals surface area contributed by atoms with Gasteiger partial charge < -0.3 is 16.6 Å². The minimum atomic E-state index is -0.00880. The molecule has 0 atom stereocenters. The number of aliphatic hydroxyl groups is 1. The Labute approximate surface area is 252 Å². The number of benzene rings is 1. The summed E-state index contributed by atoms with van der Waals surface area (Å²) >= 11 is 0. The SMILES string of the molecule is C=C(C)CCCC.C=C(O)/C(C)=C(/N)C(C)=NC.CC.CC(C)C.CCCCCN.CCc1ccc(CC)cc1. The van der Waals surface area contributed by atoms with Gasteiger partial charge in [0, 0.05) is 12.6 Å². The highest BCUT2D eigenvalue weighted by molar-refractivity contribution is 5.98. The van der Waals surface area contributed by atoms with Crippen molar-refractivity contribution >= 4 is 5.71 Å². The standard InChI is InChI=1S/C10H14.C8H14N2O.C7H14.C5H13N.C4H10.C2H6/c1-3-9-5-7-10(4-2)8-6-9;1-5(7(3)11)8(9)6(2)10-4;1-4-5-6-7(2)3;1-2-3-4-5-6;1-4(2)3;1-2/h5-8H,3-4H2,1-2H3;11H,3,9H2,1-2,4H3;2,4-6H2,1,3H3;2-6H2,1H3;4H,1-3H3;1-2H3/b;8-5+,10-6?;;;;. The van der Waals surface area contributed by atoms with E-state index in [1.54, 1.807) is 20.9 Å². The van der Waals surface area contributed by atoms with E-state index in [1.807, 2.05) is 13.8 Å². The summed E-state index contributed by atoms with van der Waals surface area (Å²) in [4.78, 5) is 3.87. The van der Waals surface area contributed by atoms with E-state index in [0.717, 1.165) is 25.3 Å². The average molecular weight is 562 g/mol. The number of hydrogen-bond acceptors (Lipinski definition) is 4. The lowest BCUT2D eigenvalue weighted by Gasteiger charge is -2.04. The molecule has 0 spiro atoms. The van der Waals surface area contributed by atoms with Crippen LogP contribution in [0.5, 0.6) is 0 Å². The van der Waals surface area contributed by atoms with Crippen LogP contribution in [-0.4, -0.2) is 24.4 Å². The number of allylic oxidation sites excluding steroid dienone is 3. The van der Waals surface area contributed by atoms with Crippen LogP contribution in [0, 0.1) is 5.92 Å². The van der Waals surface area contributed by atoms with E-state index in [1.165, 1.54) is 55.2 Å². The van der Waals surface area contributed by atoms with Crippen molar-refractivity contribution in [1.29, 1.82) is 0 Å². The summed E-state index contributed by atoms with van der Waals surface area (Å²) in [6.07, 6.45) is 9.83. The van der Waals surface area contributed by atoms with Gasteiger partial charge >= 0.3 is 0 Å². The average Bonchev–Trinajstić information content (AvgIpc) is 2.95. The number of aliphatic imine (C=N–C) groups is 1. The Balaban J connectivity index is -0.000000130. The number of rotatable bonds is 10. The molecule has 0 amide bonds. The first-order valence-electron chi connectivity index (χ1n) is 15.5. The second kappa shape index (κ2) is 36.7. The van der Waals surface area contributed by atoms with Crippen molar-refractivity contribution in [2.24, 2.45) is 22.4 Å². The third-order valence-electron chi connectivity index (χ3n) is 5.17. The van der Waals surface area contributed by atoms with Crippen molar-refractivity contribution in [3.05, 3.63) is 71.2 Å². The van der Waals surface area contributed by atoms with Crippen LogP contribution < -0.4 is 11.5 Å². The fourth-order valence-corrected chi connectivity index (χ4v) is 2.43. The smallest absolute Gasteiger partial charge is 0.113 e. The van der Waals surface area contributed by atoms with Crippen LogP contribution in [-0.2, 0) is 12.8 Å². The molecule has 0 aromatic heterocycles. The summed E-state index contributed by atoms with van der Waals surface area (Å²) < 4.78 is 0. The number of aryl methyl sites for hydroxylation is 2. The summed E-state index contributed by atoms with van der Waals surface area (Å²) in [6.45, 7) is 32.8. The fraction of sp³-hybridized carbons (Fsp3) is 0.639. The van der Waals surface area contributed by atoms with Crippen molar-refractivity contribution in [3.63, 3.8) is 0 Å². The molecule has 0 bridgehead atoms. The lowest BCUT2D eigenvalue weighted by molar-refractivity contribution is 0.425. The normalized spacial score (nSPS) is 10.3. The lowest BCUT2D eigenvalue weighted by atomic mass is 10.1. The maximum absolute atomic E-state index is 8.95. The molecule has 40 heavy (non-hydrogen) atoms. The molecule has 0 saturated heterocycles. The Bertz CT molecular complexity index is 714. The number of hydrogen-bond donors (Lipinski definition) is 3. The summed E-state index contributed by atoms with van der Waals surface area (Å²) in [7, 11) is 1.65. The Morgan fingerprint density at radius 3 is 1.38 bits per heavy atom. The first kappa shape index (κ1) is 47.5. The van der Waals surface area contributed by atoms with Crippen LogP contribution >= 0.6 is 0 Å². The van der Waals surface area contributed by atoms with Crippen molar-refractivity contribution in [1.82, 2.24) is 0 Å². The second-order valence-corrected chi connectivity index (χ2v) is 10.1. The molecule has 0 heterocycles. The Hall–Kier alpha value is -2.33. The Morgan fingerprint density at radius 1 is 0.825 bits per heavy atom. The van der Waals surface area contributed by atoms with E-state index in [2.05, 4.69) is 97.8 Å². The minimum Gasteiger partial charge on any atom is -0.508 e. The van der Waals surface area contributed by atoms with Gasteiger partial charge in [-0.05, 0) is 76.5 Å². The summed E-state index contributed by atoms with van der Waals surface area (Å²) in [6, 6.07) is 8.83. The highest BCUT2D eigenvalue weighted by atomic mass is 16.3. The van der Waals surface area contributed by atoms with E-state index < -0.39 is 0 Å². The maximum atomic E-state index is 8.95. The molecule has 1 rings (SSSR count). The Kier molecular flexibility index (Phi) is 43.5. The molecule has 0 aliphatic carbocycles. The van der Waals surface area contributed by atoms with Crippen LogP contribution in [0.25, 0.3) is 0 Å². The molecule has 4 heteroatoms. The third-order valence-corrected chi connectivity index (χ3v) is 5.17. The number of nitrogens with zero attached hydrogens (tertiary/aromatic N) is 1. The number of aliphatic hydroxyl groups excluding tert-OH is 1. The van der Waals surface area contributed by atoms with E-state index in [9.17, 15) is 0 Å². The molecule has 0 unspecified atom stereocenters. The van der Waals surface area contributed by atoms with Crippen molar-refractivity contribution in [2.45, 2.75) is 134 Å². The zero-order valence-electron chi connectivity index (χ0n) is 29.2. The molecular formula is C36H71N3O. The molecule has 236 valence electrons. The Morgan fingerprint density at radius 2 is 1.20 bits per heavy atom. The van der Waals surface area contributed by atoms with Gasteiger partial charge in [-0.2, -0.15) is 0 Å². The van der Waals surface area contributed by atoms with Gasteiger partial charge in [-0.3, -0.25) is 4.99 Å². The predicted molar refractivity (Wildman–Crippen MR) is 188 cm³/mol. The second-order valence-electron chi connectivity index (χ2n) is 10.1. The van der Waals surface area contributed by atoms with Crippen molar-refractivity contribution in [2.75, 3.05) is 13.6 Å². The predicted octanol–water partition coefficient (Wildman–Crippen LogP) is 10.8. The van der Waals surface area contributed by atoms with Gasteiger partial charge in [0.15, 0.2) is 0 Å². The molecule has 4 nitrogen and oxygen atoms in total. The molecule has 0 saturated carbocycles. The molecule has 1 aromatic carbocycles.